The number of hydrogen-bond acceptors (Lipinski definition) is 4. The lowest BCUT2D eigenvalue weighted by Crippen LogP contribution is -2.59. The van der Waals surface area contributed by atoms with Crippen molar-refractivity contribution in [1.29, 1.82) is 5.26 Å². The Bertz CT molecular complexity index is 483. The van der Waals surface area contributed by atoms with Gasteiger partial charge in [-0.2, -0.15) is 5.26 Å². The average Bonchev–Trinajstić information content (AvgIpc) is 2.51. The molecule has 1 aliphatic rings. The maximum absolute atomic E-state index is 9.79. The molecular weight excluding hydrogens is 260 g/mol. The van der Waals surface area contributed by atoms with E-state index in [1.807, 2.05) is 37.4 Å². The van der Waals surface area contributed by atoms with Crippen LogP contribution in [-0.2, 0) is 5.54 Å². The van der Waals surface area contributed by atoms with Gasteiger partial charge in [0.1, 0.15) is 5.54 Å². The Hall–Kier alpha value is -1.41. The molecule has 0 amide bonds. The normalized spacial score (nSPS) is 27.0. The monoisotopic (exact) mass is 286 g/mol. The Morgan fingerprint density at radius 2 is 1.81 bits per heavy atom. The molecule has 114 valence electrons. The van der Waals surface area contributed by atoms with Crippen molar-refractivity contribution in [1.82, 2.24) is 15.1 Å². The van der Waals surface area contributed by atoms with Gasteiger partial charge in [-0.05, 0) is 33.5 Å². The minimum atomic E-state index is -0.642. The smallest absolute Gasteiger partial charge is 0.144 e. The molecule has 2 rings (SSSR count). The molecule has 0 bridgehead atoms. The summed E-state index contributed by atoms with van der Waals surface area (Å²) in [6.07, 6.45) is 0. The van der Waals surface area contributed by atoms with Crippen molar-refractivity contribution in [3.63, 3.8) is 0 Å². The predicted octanol–water partition coefficient (Wildman–Crippen LogP) is 1.65. The van der Waals surface area contributed by atoms with Gasteiger partial charge in [0.2, 0.25) is 0 Å². The molecule has 1 aromatic carbocycles. The summed E-state index contributed by atoms with van der Waals surface area (Å²) in [5, 5.41) is 13.0. The molecule has 4 nitrogen and oxygen atoms in total. The number of nitrogens with one attached hydrogen (secondary N) is 1. The van der Waals surface area contributed by atoms with Crippen LogP contribution in [0.25, 0.3) is 0 Å². The number of piperazine rings is 1. The number of nitrogens with zero attached hydrogens (tertiary/aromatic N) is 3. The topological polar surface area (TPSA) is 42.3 Å². The lowest BCUT2D eigenvalue weighted by atomic mass is 9.90. The van der Waals surface area contributed by atoms with Crippen LogP contribution in [0.1, 0.15) is 19.4 Å². The van der Waals surface area contributed by atoms with Crippen molar-refractivity contribution in [2.24, 2.45) is 0 Å². The summed E-state index contributed by atoms with van der Waals surface area (Å²) in [5.74, 6) is 0. The fraction of sp³-hybridized carbons (Fsp3) is 0.588. The van der Waals surface area contributed by atoms with Crippen LogP contribution in [0.3, 0.4) is 0 Å². The van der Waals surface area contributed by atoms with Gasteiger partial charge in [0, 0.05) is 31.7 Å². The van der Waals surface area contributed by atoms with Crippen molar-refractivity contribution in [2.75, 3.05) is 33.7 Å². The highest BCUT2D eigenvalue weighted by atomic mass is 15.3. The Kier molecular flexibility index (Phi) is 5.00. The van der Waals surface area contributed by atoms with E-state index < -0.39 is 5.54 Å². The highest BCUT2D eigenvalue weighted by Gasteiger charge is 2.36. The van der Waals surface area contributed by atoms with Crippen LogP contribution in [0.15, 0.2) is 30.3 Å². The molecule has 1 N–H and O–H groups in total. The molecule has 0 saturated carbocycles. The first-order valence-corrected chi connectivity index (χ1v) is 7.62. The third-order valence-electron chi connectivity index (χ3n) is 4.78. The molecule has 1 heterocycles. The average molecular weight is 286 g/mol. The largest absolute Gasteiger partial charge is 0.298 e. The van der Waals surface area contributed by atoms with Crippen molar-refractivity contribution in [2.45, 2.75) is 31.5 Å². The van der Waals surface area contributed by atoms with Gasteiger partial charge >= 0.3 is 0 Å². The van der Waals surface area contributed by atoms with Crippen LogP contribution >= 0.6 is 0 Å². The van der Waals surface area contributed by atoms with Crippen LogP contribution in [-0.4, -0.2) is 55.6 Å². The maximum Gasteiger partial charge on any atom is 0.144 e. The van der Waals surface area contributed by atoms with E-state index >= 15 is 0 Å². The molecule has 1 aliphatic heterocycles. The van der Waals surface area contributed by atoms with Gasteiger partial charge in [-0.3, -0.25) is 15.1 Å². The lowest BCUT2D eigenvalue weighted by Gasteiger charge is -2.44. The zero-order valence-corrected chi connectivity index (χ0v) is 13.5. The second-order valence-corrected chi connectivity index (χ2v) is 6.19. The Labute approximate surface area is 128 Å². The first kappa shape index (κ1) is 16.0. The molecule has 0 spiro atoms. The second-order valence-electron chi connectivity index (χ2n) is 6.19. The molecule has 3 atom stereocenters. The van der Waals surface area contributed by atoms with E-state index in [4.69, 9.17) is 0 Å². The van der Waals surface area contributed by atoms with E-state index in [1.165, 1.54) is 0 Å². The standard InChI is InChI=1S/C17H26N4/c1-14-10-21(11-15(2)20(14)4)13-17(12-18,19-3)16-8-6-5-7-9-16/h5-9,14-15,19H,10-11,13H2,1-4H3. The molecule has 4 heteroatoms. The quantitative estimate of drug-likeness (QED) is 0.914. The SMILES string of the molecule is CNC(C#N)(CN1CC(C)N(C)C(C)C1)c1ccccc1. The van der Waals surface area contributed by atoms with Crippen LogP contribution in [0.2, 0.25) is 0 Å². The molecule has 1 aromatic rings. The maximum atomic E-state index is 9.79. The third kappa shape index (κ3) is 3.26. The zero-order valence-electron chi connectivity index (χ0n) is 13.5. The minimum Gasteiger partial charge on any atom is -0.298 e. The zero-order chi connectivity index (χ0) is 15.5. The molecule has 0 radical (unpaired) electrons. The van der Waals surface area contributed by atoms with E-state index in [2.05, 4.69) is 42.1 Å². The number of likely N-dealkylation sites (N-methyl/N-ethyl adjacent to an activating group) is 2. The van der Waals surface area contributed by atoms with E-state index in [0.717, 1.165) is 18.7 Å². The summed E-state index contributed by atoms with van der Waals surface area (Å²) in [6, 6.07) is 13.6. The number of nitriles is 1. The second kappa shape index (κ2) is 6.57. The van der Waals surface area contributed by atoms with Gasteiger partial charge in [0.15, 0.2) is 0 Å². The van der Waals surface area contributed by atoms with Gasteiger partial charge < -0.3 is 0 Å². The lowest BCUT2D eigenvalue weighted by molar-refractivity contribution is 0.0483. The van der Waals surface area contributed by atoms with Crippen LogP contribution in [0.4, 0.5) is 0 Å². The Balaban J connectivity index is 2.20. The number of rotatable bonds is 4. The van der Waals surface area contributed by atoms with Crippen molar-refractivity contribution in [3.8, 4) is 6.07 Å². The number of hydrogen-bond donors (Lipinski definition) is 1. The van der Waals surface area contributed by atoms with Gasteiger partial charge in [-0.1, -0.05) is 30.3 Å². The molecule has 3 unspecified atom stereocenters. The first-order valence-electron chi connectivity index (χ1n) is 7.62. The van der Waals surface area contributed by atoms with Gasteiger partial charge in [-0.25, -0.2) is 0 Å². The fourth-order valence-electron chi connectivity index (χ4n) is 3.17. The Morgan fingerprint density at radius 3 is 2.29 bits per heavy atom. The number of benzene rings is 1. The van der Waals surface area contributed by atoms with E-state index in [0.29, 0.717) is 18.6 Å². The molecule has 0 aromatic heterocycles. The van der Waals surface area contributed by atoms with Gasteiger partial charge in [0.05, 0.1) is 6.07 Å². The van der Waals surface area contributed by atoms with Crippen LogP contribution in [0.5, 0.6) is 0 Å². The summed E-state index contributed by atoms with van der Waals surface area (Å²) < 4.78 is 0. The molecule has 0 aliphatic carbocycles. The first-order chi connectivity index (χ1) is 10.0. The van der Waals surface area contributed by atoms with Gasteiger partial charge in [0.25, 0.3) is 0 Å². The molecule has 21 heavy (non-hydrogen) atoms. The third-order valence-corrected chi connectivity index (χ3v) is 4.78. The minimum absolute atomic E-state index is 0.512. The summed E-state index contributed by atoms with van der Waals surface area (Å²) in [6.45, 7) is 7.21. The summed E-state index contributed by atoms with van der Waals surface area (Å²) in [4.78, 5) is 4.81. The predicted molar refractivity (Wildman–Crippen MR) is 85.9 cm³/mol. The van der Waals surface area contributed by atoms with Gasteiger partial charge in [-0.15, -0.1) is 0 Å². The highest BCUT2D eigenvalue weighted by Crippen LogP contribution is 2.24. The molecule has 1 fully saturated rings. The van der Waals surface area contributed by atoms with Crippen molar-refractivity contribution >= 4 is 0 Å². The van der Waals surface area contributed by atoms with E-state index in [9.17, 15) is 5.26 Å². The summed E-state index contributed by atoms with van der Waals surface area (Å²) in [5.41, 5.74) is 0.394. The molecular formula is C17H26N4. The van der Waals surface area contributed by atoms with E-state index in [1.54, 1.807) is 0 Å². The molecule has 1 saturated heterocycles. The van der Waals surface area contributed by atoms with Crippen molar-refractivity contribution in [3.05, 3.63) is 35.9 Å². The Morgan fingerprint density at radius 1 is 1.24 bits per heavy atom. The van der Waals surface area contributed by atoms with E-state index in [-0.39, 0.29) is 0 Å². The summed E-state index contributed by atoms with van der Waals surface area (Å²) >= 11 is 0. The van der Waals surface area contributed by atoms with Crippen LogP contribution in [0, 0.1) is 11.3 Å². The summed E-state index contributed by atoms with van der Waals surface area (Å²) in [7, 11) is 4.05. The van der Waals surface area contributed by atoms with Crippen molar-refractivity contribution < 1.29 is 0 Å². The highest BCUT2D eigenvalue weighted by molar-refractivity contribution is 5.32. The fourth-order valence-corrected chi connectivity index (χ4v) is 3.17. The van der Waals surface area contributed by atoms with Crippen LogP contribution < -0.4 is 5.32 Å².